The molecule has 0 aliphatic carbocycles. The molecule has 1 aliphatic heterocycles. The number of hydrogen-bond acceptors (Lipinski definition) is 4. The maximum Gasteiger partial charge on any atom is 0.344 e. The number of carboxylic acids is 1. The topological polar surface area (TPSA) is 64.3 Å². The zero-order valence-corrected chi connectivity index (χ0v) is 8.26. The summed E-state index contributed by atoms with van der Waals surface area (Å²) >= 11 is 1.28. The van der Waals surface area contributed by atoms with Crippen LogP contribution in [0.4, 0.5) is 0 Å². The molecule has 1 rings (SSSR count). The van der Waals surface area contributed by atoms with E-state index in [4.69, 9.17) is 10.4 Å². The third-order valence-corrected chi connectivity index (χ3v) is 3.22. The number of allylic oxidation sites excluding steroid dienone is 1. The van der Waals surface area contributed by atoms with E-state index in [0.29, 0.717) is 10.6 Å². The average molecular weight is 198 g/mol. The van der Waals surface area contributed by atoms with Crippen LogP contribution in [0.1, 0.15) is 13.8 Å². The normalized spacial score (nSPS) is 21.9. The Labute approximate surface area is 80.8 Å². The number of carbonyl (C=O) groups is 1. The van der Waals surface area contributed by atoms with Crippen molar-refractivity contribution in [1.29, 1.82) is 5.26 Å². The minimum atomic E-state index is -0.908. The van der Waals surface area contributed by atoms with Crippen molar-refractivity contribution >= 4 is 17.7 Å². The van der Waals surface area contributed by atoms with Gasteiger partial charge in [-0.15, -0.1) is 0 Å². The van der Waals surface area contributed by atoms with Crippen molar-refractivity contribution in [3.05, 3.63) is 10.6 Å². The minimum Gasteiger partial charge on any atom is -0.477 e. The second-order valence-corrected chi connectivity index (χ2v) is 4.05. The van der Waals surface area contributed by atoms with E-state index in [2.05, 4.69) is 0 Å². The fourth-order valence-electron chi connectivity index (χ4n) is 1.25. The van der Waals surface area contributed by atoms with Gasteiger partial charge in [0, 0.05) is 5.70 Å². The van der Waals surface area contributed by atoms with E-state index in [-0.39, 0.29) is 11.9 Å². The van der Waals surface area contributed by atoms with Crippen LogP contribution in [-0.4, -0.2) is 27.9 Å². The Morgan fingerprint density at radius 2 is 2.46 bits per heavy atom. The largest absolute Gasteiger partial charge is 0.477 e. The van der Waals surface area contributed by atoms with Crippen LogP contribution in [0.25, 0.3) is 0 Å². The van der Waals surface area contributed by atoms with Crippen LogP contribution in [0.2, 0.25) is 0 Å². The molecule has 1 N–H and O–H groups in total. The lowest BCUT2D eigenvalue weighted by Crippen LogP contribution is -2.25. The smallest absolute Gasteiger partial charge is 0.344 e. The summed E-state index contributed by atoms with van der Waals surface area (Å²) in [7, 11) is 0. The predicted octanol–water partition coefficient (Wildman–Crippen LogP) is 1.22. The Hall–Kier alpha value is -1.15. The van der Waals surface area contributed by atoms with Gasteiger partial charge in [0.05, 0.1) is 11.4 Å². The van der Waals surface area contributed by atoms with Crippen LogP contribution < -0.4 is 0 Å². The molecule has 70 valence electrons. The molecule has 0 saturated carbocycles. The Kier molecular flexibility index (Phi) is 2.83. The molecule has 1 atom stereocenters. The van der Waals surface area contributed by atoms with Crippen LogP contribution in [0.5, 0.6) is 0 Å². The first kappa shape index (κ1) is 9.93. The van der Waals surface area contributed by atoms with E-state index in [0.717, 1.165) is 0 Å². The number of carboxylic acid groups (broad SMARTS) is 1. The van der Waals surface area contributed by atoms with Crippen molar-refractivity contribution in [3.8, 4) is 6.07 Å². The lowest BCUT2D eigenvalue weighted by atomic mass is 10.3. The lowest BCUT2D eigenvalue weighted by Gasteiger charge is -2.20. The second-order valence-electron chi connectivity index (χ2n) is 2.72. The number of rotatable bonds is 2. The van der Waals surface area contributed by atoms with Gasteiger partial charge in [0.2, 0.25) is 0 Å². The van der Waals surface area contributed by atoms with Crippen LogP contribution in [0.3, 0.4) is 0 Å². The van der Waals surface area contributed by atoms with E-state index in [1.807, 2.05) is 13.0 Å². The lowest BCUT2D eigenvalue weighted by molar-refractivity contribution is -0.131. The third kappa shape index (κ3) is 1.78. The van der Waals surface area contributed by atoms with Crippen molar-refractivity contribution in [3.63, 3.8) is 0 Å². The van der Waals surface area contributed by atoms with E-state index in [9.17, 15) is 4.79 Å². The molecule has 1 heterocycles. The van der Waals surface area contributed by atoms with Crippen molar-refractivity contribution in [2.75, 3.05) is 6.54 Å². The first-order valence-electron chi connectivity index (χ1n) is 3.82. The maximum atomic E-state index is 10.7. The molecule has 0 aromatic rings. The summed E-state index contributed by atoms with van der Waals surface area (Å²) in [4.78, 5) is 12.9. The molecular weight excluding hydrogens is 188 g/mol. The van der Waals surface area contributed by atoms with Crippen molar-refractivity contribution in [2.24, 2.45) is 0 Å². The van der Waals surface area contributed by atoms with Gasteiger partial charge in [-0.1, -0.05) is 11.8 Å². The summed E-state index contributed by atoms with van der Waals surface area (Å²) in [6, 6.07) is 2.02. The number of aliphatic carboxylic acids is 1. The van der Waals surface area contributed by atoms with Gasteiger partial charge < -0.3 is 10.0 Å². The summed E-state index contributed by atoms with van der Waals surface area (Å²) in [6.07, 6.45) is 0. The molecule has 0 spiro atoms. The van der Waals surface area contributed by atoms with Crippen molar-refractivity contribution < 1.29 is 9.90 Å². The number of hydrogen-bond donors (Lipinski definition) is 1. The van der Waals surface area contributed by atoms with Gasteiger partial charge in [-0.3, -0.25) is 0 Å². The van der Waals surface area contributed by atoms with Crippen LogP contribution in [0, 0.1) is 11.3 Å². The standard InChI is InChI=1S/C8H10N2O2S/c1-5-7(8(11)12)13-6(2)10(5)4-3-9/h6H,4H2,1-2H3,(H,11,12). The molecule has 0 amide bonds. The molecule has 1 aliphatic rings. The molecule has 0 fully saturated rings. The van der Waals surface area contributed by atoms with E-state index >= 15 is 0 Å². The fraction of sp³-hybridized carbons (Fsp3) is 0.500. The highest BCUT2D eigenvalue weighted by Crippen LogP contribution is 2.37. The van der Waals surface area contributed by atoms with Gasteiger partial charge in [-0.05, 0) is 13.8 Å². The zero-order chi connectivity index (χ0) is 10.0. The molecule has 1 unspecified atom stereocenters. The highest BCUT2D eigenvalue weighted by atomic mass is 32.2. The van der Waals surface area contributed by atoms with E-state index in [1.54, 1.807) is 11.8 Å². The van der Waals surface area contributed by atoms with Crippen molar-refractivity contribution in [1.82, 2.24) is 4.90 Å². The van der Waals surface area contributed by atoms with Gasteiger partial charge in [-0.2, -0.15) is 5.26 Å². The molecule has 0 radical (unpaired) electrons. The summed E-state index contributed by atoms with van der Waals surface area (Å²) in [6.45, 7) is 3.87. The summed E-state index contributed by atoms with van der Waals surface area (Å²) in [5.74, 6) is -0.908. The molecule has 0 saturated heterocycles. The summed E-state index contributed by atoms with van der Waals surface area (Å²) in [5, 5.41) is 17.4. The van der Waals surface area contributed by atoms with Crippen molar-refractivity contribution in [2.45, 2.75) is 19.2 Å². The van der Waals surface area contributed by atoms with Gasteiger partial charge in [-0.25, -0.2) is 4.79 Å². The summed E-state index contributed by atoms with van der Waals surface area (Å²) in [5.41, 5.74) is 0.687. The van der Waals surface area contributed by atoms with Crippen LogP contribution in [0.15, 0.2) is 10.6 Å². The molecule has 13 heavy (non-hydrogen) atoms. The average Bonchev–Trinajstić information content (AvgIpc) is 2.32. The number of nitriles is 1. The van der Waals surface area contributed by atoms with Crippen LogP contribution >= 0.6 is 11.8 Å². The molecule has 0 aromatic carbocycles. The molecular formula is C8H10N2O2S. The molecule has 5 heteroatoms. The highest BCUT2D eigenvalue weighted by Gasteiger charge is 2.30. The summed E-state index contributed by atoms with van der Waals surface area (Å²) < 4.78 is 0. The van der Waals surface area contributed by atoms with Crippen LogP contribution in [-0.2, 0) is 4.79 Å². The van der Waals surface area contributed by atoms with Gasteiger partial charge in [0.25, 0.3) is 0 Å². The Balaban J connectivity index is 2.89. The van der Waals surface area contributed by atoms with Gasteiger partial charge >= 0.3 is 5.97 Å². The molecule has 0 aromatic heterocycles. The maximum absolute atomic E-state index is 10.7. The molecule has 4 nitrogen and oxygen atoms in total. The highest BCUT2D eigenvalue weighted by molar-refractivity contribution is 8.04. The number of nitrogens with zero attached hydrogens (tertiary/aromatic N) is 2. The van der Waals surface area contributed by atoms with Gasteiger partial charge in [0.1, 0.15) is 11.4 Å². The fourth-order valence-corrected chi connectivity index (χ4v) is 2.34. The predicted molar refractivity (Wildman–Crippen MR) is 49.7 cm³/mol. The Morgan fingerprint density at radius 3 is 2.85 bits per heavy atom. The first-order chi connectivity index (χ1) is 6.07. The van der Waals surface area contributed by atoms with Gasteiger partial charge in [0.15, 0.2) is 0 Å². The second kappa shape index (κ2) is 3.71. The molecule has 0 bridgehead atoms. The van der Waals surface area contributed by atoms with E-state index in [1.165, 1.54) is 11.8 Å². The zero-order valence-electron chi connectivity index (χ0n) is 7.44. The first-order valence-corrected chi connectivity index (χ1v) is 4.70. The minimum absolute atomic E-state index is 0.0470. The SMILES string of the molecule is CC1=C(C(=O)O)SC(C)N1CC#N. The van der Waals surface area contributed by atoms with E-state index < -0.39 is 5.97 Å². The monoisotopic (exact) mass is 198 g/mol. The third-order valence-electron chi connectivity index (χ3n) is 1.92. The Morgan fingerprint density at radius 1 is 1.85 bits per heavy atom. The Bertz CT molecular complexity index is 306. The quantitative estimate of drug-likeness (QED) is 0.676. The number of thioether (sulfide) groups is 1.